The summed E-state index contributed by atoms with van der Waals surface area (Å²) >= 11 is 0. The summed E-state index contributed by atoms with van der Waals surface area (Å²) in [6.07, 6.45) is 2.02. The number of anilines is 1. The summed E-state index contributed by atoms with van der Waals surface area (Å²) in [6.45, 7) is 4.37. The van der Waals surface area contributed by atoms with Crippen LogP contribution in [0.5, 0.6) is 0 Å². The molecule has 1 N–H and O–H groups in total. The maximum Gasteiger partial charge on any atom is 0.241 e. The molecule has 1 saturated heterocycles. The molecule has 6 heteroatoms. The Bertz CT molecular complexity index is 608. The van der Waals surface area contributed by atoms with Gasteiger partial charge in [-0.3, -0.25) is 9.59 Å². The summed E-state index contributed by atoms with van der Waals surface area (Å²) < 4.78 is 13.2. The molecule has 3 rings (SSSR count). The molecule has 0 aromatic heterocycles. The Hall–Kier alpha value is -2.11. The van der Waals surface area contributed by atoms with Crippen molar-refractivity contribution in [3.8, 4) is 0 Å². The first-order chi connectivity index (χ1) is 11.0. The third-order valence-electron chi connectivity index (χ3n) is 4.50. The number of carbonyl (C=O) groups excluding carboxylic acids is 2. The number of nitrogens with one attached hydrogen (secondary N) is 1. The average molecular weight is 319 g/mol. The van der Waals surface area contributed by atoms with Gasteiger partial charge in [0.05, 0.1) is 6.54 Å². The molecule has 0 unspecified atom stereocenters. The first-order valence-corrected chi connectivity index (χ1v) is 8.11. The van der Waals surface area contributed by atoms with Gasteiger partial charge in [-0.15, -0.1) is 0 Å². The first-order valence-electron chi connectivity index (χ1n) is 8.11. The Labute approximate surface area is 135 Å². The van der Waals surface area contributed by atoms with Crippen LogP contribution in [-0.2, 0) is 9.59 Å². The van der Waals surface area contributed by atoms with Crippen molar-refractivity contribution in [1.29, 1.82) is 0 Å². The number of rotatable bonds is 4. The molecule has 0 atom stereocenters. The van der Waals surface area contributed by atoms with Crippen molar-refractivity contribution in [2.24, 2.45) is 5.92 Å². The Morgan fingerprint density at radius 3 is 2.48 bits per heavy atom. The second-order valence-electron chi connectivity index (χ2n) is 6.29. The summed E-state index contributed by atoms with van der Waals surface area (Å²) in [5.74, 6) is 0.130. The minimum atomic E-state index is -0.322. The van der Waals surface area contributed by atoms with Crippen molar-refractivity contribution in [3.63, 3.8) is 0 Å². The fraction of sp³-hybridized carbons (Fsp3) is 0.529. The lowest BCUT2D eigenvalue weighted by molar-refractivity contribution is -0.139. The fourth-order valence-corrected chi connectivity index (χ4v) is 2.83. The molecule has 2 amide bonds. The van der Waals surface area contributed by atoms with Gasteiger partial charge in [0.25, 0.3) is 0 Å². The van der Waals surface area contributed by atoms with E-state index in [1.54, 1.807) is 11.0 Å². The number of amides is 2. The van der Waals surface area contributed by atoms with E-state index in [2.05, 4.69) is 5.32 Å². The van der Waals surface area contributed by atoms with Crippen molar-refractivity contribution < 1.29 is 14.0 Å². The number of nitrogens with zero attached hydrogens (tertiary/aromatic N) is 2. The van der Waals surface area contributed by atoms with Crippen molar-refractivity contribution in [1.82, 2.24) is 9.80 Å². The number of benzene rings is 1. The second kappa shape index (κ2) is 6.56. The van der Waals surface area contributed by atoms with Gasteiger partial charge in [0, 0.05) is 37.8 Å². The van der Waals surface area contributed by atoms with Gasteiger partial charge >= 0.3 is 0 Å². The van der Waals surface area contributed by atoms with Gasteiger partial charge in [-0.2, -0.15) is 0 Å². The molecule has 0 radical (unpaired) electrons. The fourth-order valence-electron chi connectivity index (χ4n) is 2.83. The van der Waals surface area contributed by atoms with E-state index < -0.39 is 0 Å². The zero-order valence-corrected chi connectivity index (χ0v) is 13.3. The normalized spacial score (nSPS) is 18.0. The third-order valence-corrected chi connectivity index (χ3v) is 4.50. The lowest BCUT2D eigenvalue weighted by Gasteiger charge is -2.35. The van der Waals surface area contributed by atoms with Crippen LogP contribution >= 0.6 is 0 Å². The van der Waals surface area contributed by atoms with Gasteiger partial charge in [0.1, 0.15) is 5.82 Å². The molecular formula is C17H22FN3O2. The number of halogens is 1. The highest BCUT2D eigenvalue weighted by atomic mass is 19.1. The molecule has 1 aliphatic carbocycles. The first kappa shape index (κ1) is 15.8. The minimum absolute atomic E-state index is 0.0211. The van der Waals surface area contributed by atoms with E-state index in [4.69, 9.17) is 0 Å². The summed E-state index contributed by atoms with van der Waals surface area (Å²) in [7, 11) is 0. The molecule has 1 heterocycles. The Balaban J connectivity index is 1.47. The molecule has 0 bridgehead atoms. The summed E-state index contributed by atoms with van der Waals surface area (Å²) in [5.41, 5.74) is 1.54. The van der Waals surface area contributed by atoms with E-state index in [1.165, 1.54) is 12.1 Å². The maximum atomic E-state index is 13.2. The van der Waals surface area contributed by atoms with Crippen LogP contribution in [0.15, 0.2) is 18.2 Å². The highest BCUT2D eigenvalue weighted by Crippen LogP contribution is 2.31. The molecule has 1 aliphatic heterocycles. The van der Waals surface area contributed by atoms with Gasteiger partial charge in [-0.05, 0) is 37.5 Å². The largest absolute Gasteiger partial charge is 0.376 e. The van der Waals surface area contributed by atoms with Crippen molar-refractivity contribution in [3.05, 3.63) is 29.6 Å². The number of aryl methyl sites for hydroxylation is 1. The highest BCUT2D eigenvalue weighted by Gasteiger charge is 2.35. The molecule has 1 aromatic carbocycles. The van der Waals surface area contributed by atoms with Crippen LogP contribution < -0.4 is 5.32 Å². The maximum absolute atomic E-state index is 13.2. The Morgan fingerprint density at radius 2 is 1.83 bits per heavy atom. The monoisotopic (exact) mass is 319 g/mol. The van der Waals surface area contributed by atoms with E-state index in [1.807, 2.05) is 11.8 Å². The van der Waals surface area contributed by atoms with Gasteiger partial charge in [0.2, 0.25) is 11.8 Å². The van der Waals surface area contributed by atoms with Crippen LogP contribution in [0.3, 0.4) is 0 Å². The van der Waals surface area contributed by atoms with Crippen molar-refractivity contribution in [2.75, 3.05) is 38.0 Å². The third kappa shape index (κ3) is 3.81. The molecule has 1 saturated carbocycles. The number of piperazine rings is 1. The zero-order chi connectivity index (χ0) is 16.4. The number of hydrogen-bond donors (Lipinski definition) is 1. The van der Waals surface area contributed by atoms with Crippen molar-refractivity contribution in [2.45, 2.75) is 19.8 Å². The van der Waals surface area contributed by atoms with E-state index in [9.17, 15) is 14.0 Å². The van der Waals surface area contributed by atoms with E-state index in [0.29, 0.717) is 31.9 Å². The van der Waals surface area contributed by atoms with Crippen LogP contribution in [-0.4, -0.2) is 54.3 Å². The lowest BCUT2D eigenvalue weighted by Crippen LogP contribution is -2.52. The zero-order valence-electron chi connectivity index (χ0n) is 13.3. The van der Waals surface area contributed by atoms with Crippen LogP contribution in [0.1, 0.15) is 18.4 Å². The molecule has 0 spiro atoms. The number of hydrogen-bond acceptors (Lipinski definition) is 3. The van der Waals surface area contributed by atoms with Gasteiger partial charge in [-0.25, -0.2) is 4.39 Å². The summed E-state index contributed by atoms with van der Waals surface area (Å²) in [4.78, 5) is 27.9. The van der Waals surface area contributed by atoms with Crippen LogP contribution in [0, 0.1) is 18.7 Å². The van der Waals surface area contributed by atoms with Crippen LogP contribution in [0.25, 0.3) is 0 Å². The molecular weight excluding hydrogens is 297 g/mol. The minimum Gasteiger partial charge on any atom is -0.376 e. The standard InChI is InChI=1S/C17H22FN3O2/c1-12-2-5-14(18)10-15(12)19-11-16(22)20-6-8-21(9-7-20)17(23)13-3-4-13/h2,5,10,13,19H,3-4,6-9,11H2,1H3. The average Bonchev–Trinajstić information content (AvgIpc) is 3.40. The van der Waals surface area contributed by atoms with E-state index in [-0.39, 0.29) is 30.1 Å². The van der Waals surface area contributed by atoms with Gasteiger partial charge < -0.3 is 15.1 Å². The highest BCUT2D eigenvalue weighted by molar-refractivity contribution is 5.83. The van der Waals surface area contributed by atoms with E-state index in [0.717, 1.165) is 18.4 Å². The molecule has 2 aliphatic rings. The molecule has 124 valence electrons. The van der Waals surface area contributed by atoms with Crippen LogP contribution in [0.4, 0.5) is 10.1 Å². The lowest BCUT2D eigenvalue weighted by atomic mass is 10.2. The Morgan fingerprint density at radius 1 is 1.17 bits per heavy atom. The summed E-state index contributed by atoms with van der Waals surface area (Å²) in [6, 6.07) is 4.48. The van der Waals surface area contributed by atoms with Crippen LogP contribution in [0.2, 0.25) is 0 Å². The van der Waals surface area contributed by atoms with E-state index >= 15 is 0 Å². The Kier molecular flexibility index (Phi) is 4.50. The second-order valence-corrected chi connectivity index (χ2v) is 6.29. The predicted molar refractivity (Wildman–Crippen MR) is 85.5 cm³/mol. The molecule has 23 heavy (non-hydrogen) atoms. The van der Waals surface area contributed by atoms with Gasteiger partial charge in [-0.1, -0.05) is 6.07 Å². The smallest absolute Gasteiger partial charge is 0.241 e. The molecule has 5 nitrogen and oxygen atoms in total. The number of carbonyl (C=O) groups is 2. The quantitative estimate of drug-likeness (QED) is 0.918. The SMILES string of the molecule is Cc1ccc(F)cc1NCC(=O)N1CCN(C(=O)C2CC2)CC1. The predicted octanol–water partition coefficient (Wildman–Crippen LogP) is 1.63. The molecule has 2 fully saturated rings. The van der Waals surface area contributed by atoms with Gasteiger partial charge in [0.15, 0.2) is 0 Å². The molecule has 1 aromatic rings. The summed E-state index contributed by atoms with van der Waals surface area (Å²) in [5, 5.41) is 3.00. The topological polar surface area (TPSA) is 52.7 Å². The van der Waals surface area contributed by atoms with Crippen molar-refractivity contribution >= 4 is 17.5 Å².